The van der Waals surface area contributed by atoms with Gasteiger partial charge in [0.1, 0.15) is 6.54 Å². The van der Waals surface area contributed by atoms with Gasteiger partial charge in [0.2, 0.25) is 0 Å². The topological polar surface area (TPSA) is 73.2 Å². The van der Waals surface area contributed by atoms with Crippen molar-refractivity contribution in [2.45, 2.75) is 6.54 Å². The van der Waals surface area contributed by atoms with E-state index in [2.05, 4.69) is 15.2 Å². The van der Waals surface area contributed by atoms with Gasteiger partial charge in [-0.1, -0.05) is 0 Å². The fraction of sp³-hybridized carbons (Fsp3) is 0.222. The molecule has 6 nitrogen and oxygen atoms in total. The van der Waals surface area contributed by atoms with Gasteiger partial charge < -0.3 is 10.1 Å². The average molecular weight is 207 g/mol. The summed E-state index contributed by atoms with van der Waals surface area (Å²) in [5.41, 5.74) is 0.432. The Morgan fingerprint density at radius 1 is 1.73 bits per heavy atom. The van der Waals surface area contributed by atoms with E-state index in [0.717, 1.165) is 0 Å². The zero-order chi connectivity index (χ0) is 11.3. The third kappa shape index (κ3) is 3.15. The second-order valence-electron chi connectivity index (χ2n) is 2.60. The van der Waals surface area contributed by atoms with Gasteiger partial charge in [-0.15, -0.1) is 6.42 Å². The number of nitrogens with zero attached hydrogens (tertiary/aromatic N) is 2. The number of hydrogen-bond donors (Lipinski definition) is 1. The Bertz CT molecular complexity index is 416. The first-order valence-electron chi connectivity index (χ1n) is 4.02. The summed E-state index contributed by atoms with van der Waals surface area (Å²) in [6.45, 7) is -0.0115. The molecular formula is C9H9N3O3. The minimum absolute atomic E-state index is 0.0115. The maximum Gasteiger partial charge on any atom is 0.327 e. The summed E-state index contributed by atoms with van der Waals surface area (Å²) in [7, 11) is 1.28. The first kappa shape index (κ1) is 10.8. The molecule has 6 heteroatoms. The second kappa shape index (κ2) is 4.81. The molecule has 1 amide bonds. The first-order valence-corrected chi connectivity index (χ1v) is 4.02. The number of rotatable bonds is 3. The molecular weight excluding hydrogens is 198 g/mol. The van der Waals surface area contributed by atoms with E-state index < -0.39 is 11.9 Å². The monoisotopic (exact) mass is 207 g/mol. The number of amides is 1. The quantitative estimate of drug-likeness (QED) is 0.542. The fourth-order valence-corrected chi connectivity index (χ4v) is 0.879. The summed E-state index contributed by atoms with van der Waals surface area (Å²) in [6.07, 6.45) is 7.73. The molecule has 0 bridgehead atoms. The predicted molar refractivity (Wildman–Crippen MR) is 51.7 cm³/mol. The number of nitrogens with one attached hydrogen (secondary N) is 1. The van der Waals surface area contributed by atoms with E-state index in [4.69, 9.17) is 6.42 Å². The van der Waals surface area contributed by atoms with Crippen molar-refractivity contribution in [2.75, 3.05) is 12.4 Å². The van der Waals surface area contributed by atoms with Crippen LogP contribution in [0.5, 0.6) is 0 Å². The molecule has 0 unspecified atom stereocenters. The molecule has 0 saturated heterocycles. The van der Waals surface area contributed by atoms with Crippen molar-refractivity contribution in [3.8, 4) is 12.3 Å². The maximum absolute atomic E-state index is 10.9. The molecule has 0 aromatic carbocycles. The van der Waals surface area contributed by atoms with Crippen LogP contribution in [-0.2, 0) is 20.9 Å². The highest BCUT2D eigenvalue weighted by atomic mass is 16.5. The van der Waals surface area contributed by atoms with Crippen molar-refractivity contribution in [1.29, 1.82) is 0 Å². The van der Waals surface area contributed by atoms with E-state index in [0.29, 0.717) is 5.69 Å². The van der Waals surface area contributed by atoms with Crippen LogP contribution >= 0.6 is 0 Å². The summed E-state index contributed by atoms with van der Waals surface area (Å²) in [5, 5.41) is 6.22. The summed E-state index contributed by atoms with van der Waals surface area (Å²) in [5.74, 6) is 0.910. The number of hydrogen-bond acceptors (Lipinski definition) is 4. The zero-order valence-electron chi connectivity index (χ0n) is 8.06. The summed E-state index contributed by atoms with van der Waals surface area (Å²) >= 11 is 0. The van der Waals surface area contributed by atoms with Crippen LogP contribution in [0.4, 0.5) is 5.69 Å². The van der Waals surface area contributed by atoms with Crippen molar-refractivity contribution in [3.63, 3.8) is 0 Å². The SMILES string of the molecule is C#CC(=O)Nc1cnn(CC(=O)OC)c1. The van der Waals surface area contributed by atoms with Crippen molar-refractivity contribution in [1.82, 2.24) is 9.78 Å². The molecule has 0 aliphatic heterocycles. The Morgan fingerprint density at radius 2 is 2.47 bits per heavy atom. The van der Waals surface area contributed by atoms with Crippen LogP contribution in [0.2, 0.25) is 0 Å². The van der Waals surface area contributed by atoms with Crippen LogP contribution in [0, 0.1) is 12.3 Å². The van der Waals surface area contributed by atoms with Crippen LogP contribution in [-0.4, -0.2) is 28.8 Å². The highest BCUT2D eigenvalue weighted by Crippen LogP contribution is 2.04. The van der Waals surface area contributed by atoms with Crippen molar-refractivity contribution in [2.24, 2.45) is 0 Å². The van der Waals surface area contributed by atoms with E-state index in [9.17, 15) is 9.59 Å². The van der Waals surface area contributed by atoms with E-state index in [-0.39, 0.29) is 6.54 Å². The highest BCUT2D eigenvalue weighted by Gasteiger charge is 2.05. The fourth-order valence-electron chi connectivity index (χ4n) is 0.879. The lowest BCUT2D eigenvalue weighted by atomic mass is 10.5. The standard InChI is InChI=1S/C9H9N3O3/c1-3-8(13)11-7-4-10-12(5-7)6-9(14)15-2/h1,4-5H,6H2,2H3,(H,11,13). The van der Waals surface area contributed by atoms with Gasteiger partial charge in [0.15, 0.2) is 0 Å². The number of carbonyl (C=O) groups is 2. The largest absolute Gasteiger partial charge is 0.468 e. The van der Waals surface area contributed by atoms with Gasteiger partial charge in [0, 0.05) is 6.20 Å². The van der Waals surface area contributed by atoms with Crippen LogP contribution in [0.3, 0.4) is 0 Å². The molecule has 0 spiro atoms. The zero-order valence-corrected chi connectivity index (χ0v) is 8.06. The van der Waals surface area contributed by atoms with Gasteiger partial charge in [-0.25, -0.2) is 0 Å². The summed E-state index contributed by atoms with van der Waals surface area (Å²) < 4.78 is 5.78. The van der Waals surface area contributed by atoms with Gasteiger partial charge in [-0.05, 0) is 5.92 Å². The number of aromatic nitrogens is 2. The Labute approximate surface area is 86.2 Å². The van der Waals surface area contributed by atoms with Crippen molar-refractivity contribution < 1.29 is 14.3 Å². The Hall–Kier alpha value is -2.29. The molecule has 1 aromatic heterocycles. The predicted octanol–water partition coefficient (Wildman–Crippen LogP) is -0.372. The van der Waals surface area contributed by atoms with Gasteiger partial charge in [-0.3, -0.25) is 14.3 Å². The molecule has 15 heavy (non-hydrogen) atoms. The van der Waals surface area contributed by atoms with Gasteiger partial charge in [0.25, 0.3) is 5.91 Å². The van der Waals surface area contributed by atoms with Gasteiger partial charge >= 0.3 is 5.97 Å². The molecule has 0 fully saturated rings. The molecule has 78 valence electrons. The Kier molecular flexibility index (Phi) is 3.46. The van der Waals surface area contributed by atoms with E-state index >= 15 is 0 Å². The average Bonchev–Trinajstić information content (AvgIpc) is 2.65. The number of methoxy groups -OCH3 is 1. The molecule has 0 radical (unpaired) electrons. The third-order valence-electron chi connectivity index (χ3n) is 1.54. The Morgan fingerprint density at radius 3 is 3.07 bits per heavy atom. The molecule has 0 saturated carbocycles. The molecule has 0 aliphatic rings. The summed E-state index contributed by atoms with van der Waals surface area (Å²) in [6, 6.07) is 0. The number of carbonyl (C=O) groups excluding carboxylic acids is 2. The number of esters is 1. The highest BCUT2D eigenvalue weighted by molar-refractivity contribution is 6.03. The number of ether oxygens (including phenoxy) is 1. The maximum atomic E-state index is 10.9. The lowest BCUT2D eigenvalue weighted by Crippen LogP contribution is -2.12. The smallest absolute Gasteiger partial charge is 0.327 e. The number of terminal acetylenes is 1. The molecule has 1 rings (SSSR count). The normalized spacial score (nSPS) is 9.07. The lowest BCUT2D eigenvalue weighted by molar-refractivity contribution is -0.141. The van der Waals surface area contributed by atoms with Crippen LogP contribution in [0.25, 0.3) is 0 Å². The molecule has 0 aliphatic carbocycles. The molecule has 0 atom stereocenters. The lowest BCUT2D eigenvalue weighted by Gasteiger charge is -1.98. The van der Waals surface area contributed by atoms with Crippen LogP contribution < -0.4 is 5.32 Å². The van der Waals surface area contributed by atoms with Crippen LogP contribution in [0.15, 0.2) is 12.4 Å². The molecule has 1 N–H and O–H groups in total. The molecule has 1 aromatic rings. The van der Waals surface area contributed by atoms with Gasteiger partial charge in [0.05, 0.1) is 19.0 Å². The van der Waals surface area contributed by atoms with Crippen LogP contribution in [0.1, 0.15) is 0 Å². The summed E-state index contributed by atoms with van der Waals surface area (Å²) in [4.78, 5) is 21.7. The molecule has 1 heterocycles. The van der Waals surface area contributed by atoms with Gasteiger partial charge in [-0.2, -0.15) is 5.10 Å². The van der Waals surface area contributed by atoms with E-state index in [1.165, 1.54) is 24.2 Å². The minimum Gasteiger partial charge on any atom is -0.468 e. The van der Waals surface area contributed by atoms with E-state index in [1.54, 1.807) is 0 Å². The van der Waals surface area contributed by atoms with Crippen molar-refractivity contribution >= 4 is 17.6 Å². The third-order valence-corrected chi connectivity index (χ3v) is 1.54. The number of anilines is 1. The minimum atomic E-state index is -0.562. The van der Waals surface area contributed by atoms with E-state index in [1.807, 2.05) is 5.92 Å². The first-order chi connectivity index (χ1) is 7.15. The Balaban J connectivity index is 2.61. The second-order valence-corrected chi connectivity index (χ2v) is 2.60. The van der Waals surface area contributed by atoms with Crippen molar-refractivity contribution in [3.05, 3.63) is 12.4 Å².